The number of likely N-dealkylation sites (tertiary alicyclic amines) is 1. The third kappa shape index (κ3) is 4.34. The van der Waals surface area contributed by atoms with Gasteiger partial charge in [0.1, 0.15) is 0 Å². The lowest BCUT2D eigenvalue weighted by Crippen LogP contribution is -2.44. The third-order valence-corrected chi connectivity index (χ3v) is 5.37. The molecule has 0 bridgehead atoms. The maximum absolute atomic E-state index is 12.4. The number of nitrogens with zero attached hydrogens (tertiary/aromatic N) is 3. The van der Waals surface area contributed by atoms with Gasteiger partial charge in [0.15, 0.2) is 5.16 Å². The molecule has 138 valence electrons. The fraction of sp³-hybridized carbons (Fsp3) is 0.412. The van der Waals surface area contributed by atoms with Crippen molar-refractivity contribution in [1.29, 1.82) is 0 Å². The number of aromatic nitrogens is 3. The van der Waals surface area contributed by atoms with Crippen molar-refractivity contribution in [2.45, 2.75) is 24.5 Å². The number of primary amides is 1. The monoisotopic (exact) mass is 375 g/mol. The topological polar surface area (TPSA) is 114 Å². The second-order valence-electron chi connectivity index (χ2n) is 6.25. The first-order valence-corrected chi connectivity index (χ1v) is 9.42. The van der Waals surface area contributed by atoms with Crippen LogP contribution < -0.4 is 11.4 Å². The van der Waals surface area contributed by atoms with E-state index in [4.69, 9.17) is 5.73 Å². The van der Waals surface area contributed by atoms with Crippen molar-refractivity contribution in [3.63, 3.8) is 0 Å². The highest BCUT2D eigenvalue weighted by atomic mass is 32.2. The molecular formula is C17H21N5O3S. The summed E-state index contributed by atoms with van der Waals surface area (Å²) in [5.41, 5.74) is 6.02. The molecule has 1 aliphatic rings. The SMILES string of the molecule is NC(=O)C1CCCN(C(=O)CSc2n[nH]c(=O)n2Cc2ccccc2)C1. The molecule has 8 nitrogen and oxygen atoms in total. The molecule has 1 saturated heterocycles. The molecule has 3 rings (SSSR count). The first kappa shape index (κ1) is 18.2. The van der Waals surface area contributed by atoms with E-state index in [1.165, 1.54) is 16.3 Å². The zero-order valence-corrected chi connectivity index (χ0v) is 15.1. The minimum Gasteiger partial charge on any atom is -0.369 e. The molecule has 0 saturated carbocycles. The predicted molar refractivity (Wildman–Crippen MR) is 97.6 cm³/mol. The number of thioether (sulfide) groups is 1. The van der Waals surface area contributed by atoms with Crippen LogP contribution in [0.5, 0.6) is 0 Å². The van der Waals surface area contributed by atoms with E-state index in [0.717, 1.165) is 18.4 Å². The number of hydrogen-bond acceptors (Lipinski definition) is 5. The van der Waals surface area contributed by atoms with Crippen LogP contribution in [-0.2, 0) is 16.1 Å². The van der Waals surface area contributed by atoms with Crippen LogP contribution in [0.1, 0.15) is 18.4 Å². The molecule has 1 atom stereocenters. The molecule has 0 aliphatic carbocycles. The zero-order valence-electron chi connectivity index (χ0n) is 14.3. The quantitative estimate of drug-likeness (QED) is 0.711. The number of hydrogen-bond donors (Lipinski definition) is 2. The van der Waals surface area contributed by atoms with E-state index in [1.807, 2.05) is 30.3 Å². The van der Waals surface area contributed by atoms with Crippen LogP contribution in [0.25, 0.3) is 0 Å². The molecule has 2 amide bonds. The maximum atomic E-state index is 12.4. The fourth-order valence-electron chi connectivity index (χ4n) is 2.97. The van der Waals surface area contributed by atoms with Crippen molar-refractivity contribution in [2.24, 2.45) is 11.7 Å². The highest BCUT2D eigenvalue weighted by Crippen LogP contribution is 2.19. The summed E-state index contributed by atoms with van der Waals surface area (Å²) in [4.78, 5) is 37.5. The summed E-state index contributed by atoms with van der Waals surface area (Å²) in [5.74, 6) is -0.564. The molecule has 1 fully saturated rings. The Morgan fingerprint density at radius 3 is 2.81 bits per heavy atom. The number of benzene rings is 1. The van der Waals surface area contributed by atoms with E-state index in [0.29, 0.717) is 24.8 Å². The summed E-state index contributed by atoms with van der Waals surface area (Å²) < 4.78 is 1.51. The van der Waals surface area contributed by atoms with Gasteiger partial charge >= 0.3 is 5.69 Å². The molecule has 1 aromatic carbocycles. The van der Waals surface area contributed by atoms with E-state index in [1.54, 1.807) is 4.90 Å². The maximum Gasteiger partial charge on any atom is 0.344 e. The van der Waals surface area contributed by atoms with Gasteiger partial charge in [-0.2, -0.15) is 0 Å². The lowest BCUT2D eigenvalue weighted by atomic mass is 9.97. The normalized spacial score (nSPS) is 17.2. The summed E-state index contributed by atoms with van der Waals surface area (Å²) in [5, 5.41) is 6.92. The first-order chi connectivity index (χ1) is 12.5. The lowest BCUT2D eigenvalue weighted by molar-refractivity contribution is -0.132. The van der Waals surface area contributed by atoms with Crippen LogP contribution in [0.4, 0.5) is 0 Å². The summed E-state index contributed by atoms with van der Waals surface area (Å²) >= 11 is 1.21. The molecule has 1 aliphatic heterocycles. The number of piperidine rings is 1. The largest absolute Gasteiger partial charge is 0.369 e. The van der Waals surface area contributed by atoms with E-state index in [2.05, 4.69) is 10.2 Å². The Balaban J connectivity index is 1.62. The van der Waals surface area contributed by atoms with E-state index in [9.17, 15) is 14.4 Å². The van der Waals surface area contributed by atoms with Gasteiger partial charge < -0.3 is 10.6 Å². The lowest BCUT2D eigenvalue weighted by Gasteiger charge is -2.31. The van der Waals surface area contributed by atoms with Gasteiger partial charge in [-0.3, -0.25) is 14.2 Å². The van der Waals surface area contributed by atoms with Gasteiger partial charge in [-0.15, -0.1) is 5.10 Å². The van der Waals surface area contributed by atoms with Crippen LogP contribution in [0, 0.1) is 5.92 Å². The molecule has 9 heteroatoms. The Bertz CT molecular complexity index is 832. The van der Waals surface area contributed by atoms with Gasteiger partial charge in [-0.1, -0.05) is 42.1 Å². The second-order valence-corrected chi connectivity index (χ2v) is 7.20. The molecule has 1 aromatic heterocycles. The number of nitrogens with one attached hydrogen (secondary N) is 1. The van der Waals surface area contributed by atoms with Gasteiger partial charge in [-0.25, -0.2) is 9.89 Å². The summed E-state index contributed by atoms with van der Waals surface area (Å²) in [6, 6.07) is 9.58. The Kier molecular flexibility index (Phi) is 5.77. The predicted octanol–water partition coefficient (Wildman–Crippen LogP) is 0.436. The van der Waals surface area contributed by atoms with Gasteiger partial charge in [0, 0.05) is 13.1 Å². The highest BCUT2D eigenvalue weighted by molar-refractivity contribution is 7.99. The standard InChI is InChI=1S/C17H21N5O3S/c18-15(24)13-7-4-8-21(10-13)14(23)11-26-17-20-19-16(25)22(17)9-12-5-2-1-3-6-12/h1-3,5-6,13H,4,7-11H2,(H2,18,24)(H,19,25). The third-order valence-electron chi connectivity index (χ3n) is 4.41. The molecule has 0 radical (unpaired) electrons. The van der Waals surface area contributed by atoms with Crippen molar-refractivity contribution in [3.8, 4) is 0 Å². The number of aromatic amines is 1. The minimum atomic E-state index is -0.362. The number of amides is 2. The van der Waals surface area contributed by atoms with Gasteiger partial charge in [0.05, 0.1) is 18.2 Å². The van der Waals surface area contributed by atoms with E-state index >= 15 is 0 Å². The zero-order chi connectivity index (χ0) is 18.5. The second kappa shape index (κ2) is 8.22. The number of H-pyrrole nitrogens is 1. The van der Waals surface area contributed by atoms with E-state index < -0.39 is 0 Å². The molecule has 2 heterocycles. The Morgan fingerprint density at radius 1 is 1.31 bits per heavy atom. The fourth-order valence-corrected chi connectivity index (χ4v) is 3.82. The van der Waals surface area contributed by atoms with Crippen LogP contribution in [0.3, 0.4) is 0 Å². The molecule has 3 N–H and O–H groups in total. The Hall–Kier alpha value is -2.55. The number of carbonyl (C=O) groups is 2. The molecular weight excluding hydrogens is 354 g/mol. The average Bonchev–Trinajstić information content (AvgIpc) is 3.00. The average molecular weight is 375 g/mol. The first-order valence-electron chi connectivity index (χ1n) is 8.43. The van der Waals surface area contributed by atoms with E-state index in [-0.39, 0.29) is 29.2 Å². The summed E-state index contributed by atoms with van der Waals surface area (Å²) in [6.45, 7) is 1.38. The van der Waals surface area contributed by atoms with Crippen LogP contribution >= 0.6 is 11.8 Å². The van der Waals surface area contributed by atoms with Crippen molar-refractivity contribution in [1.82, 2.24) is 19.7 Å². The van der Waals surface area contributed by atoms with Crippen molar-refractivity contribution in [3.05, 3.63) is 46.4 Å². The Labute approximate surface area is 154 Å². The van der Waals surface area contributed by atoms with Crippen molar-refractivity contribution in [2.75, 3.05) is 18.8 Å². The van der Waals surface area contributed by atoms with Gasteiger partial charge in [0.25, 0.3) is 0 Å². The Morgan fingerprint density at radius 2 is 2.08 bits per heavy atom. The number of carbonyl (C=O) groups excluding carboxylic acids is 2. The van der Waals surface area contributed by atoms with Gasteiger partial charge in [0.2, 0.25) is 11.8 Å². The number of rotatable bonds is 6. The minimum absolute atomic E-state index is 0.0809. The number of nitrogens with two attached hydrogens (primary N) is 1. The van der Waals surface area contributed by atoms with Crippen LogP contribution in [0.15, 0.2) is 40.3 Å². The van der Waals surface area contributed by atoms with Gasteiger partial charge in [-0.05, 0) is 18.4 Å². The van der Waals surface area contributed by atoms with Crippen LogP contribution in [-0.4, -0.2) is 50.3 Å². The molecule has 0 spiro atoms. The van der Waals surface area contributed by atoms with Crippen LogP contribution in [0.2, 0.25) is 0 Å². The molecule has 2 aromatic rings. The molecule has 1 unspecified atom stereocenters. The summed E-state index contributed by atoms with van der Waals surface area (Å²) in [7, 11) is 0. The van der Waals surface area contributed by atoms with Crippen molar-refractivity contribution < 1.29 is 9.59 Å². The smallest absolute Gasteiger partial charge is 0.344 e. The summed E-state index contributed by atoms with van der Waals surface area (Å²) in [6.07, 6.45) is 1.49. The molecule has 26 heavy (non-hydrogen) atoms. The van der Waals surface area contributed by atoms with Crippen molar-refractivity contribution >= 4 is 23.6 Å². The highest BCUT2D eigenvalue weighted by Gasteiger charge is 2.27.